The van der Waals surface area contributed by atoms with Crippen LogP contribution in [0.15, 0.2) is 186 Å². The number of hydrogen-bond acceptors (Lipinski definition) is 8. The number of hydrogen-bond donors (Lipinski definition) is 0. The minimum atomic E-state index is -0.448. The van der Waals surface area contributed by atoms with E-state index in [1.807, 2.05) is 152 Å². The Hall–Kier alpha value is -8.21. The van der Waals surface area contributed by atoms with Gasteiger partial charge in [0.1, 0.15) is 0 Å². The normalized spacial score (nSPS) is 11.7. The summed E-state index contributed by atoms with van der Waals surface area (Å²) in [7, 11) is 0. The first-order chi connectivity index (χ1) is 30.1. The number of aromatic nitrogens is 7. The van der Waals surface area contributed by atoms with Gasteiger partial charge in [0.25, 0.3) is 11.1 Å². The van der Waals surface area contributed by atoms with Crippen molar-refractivity contribution in [3.8, 4) is 45.5 Å². The lowest BCUT2D eigenvalue weighted by atomic mass is 10.0. The van der Waals surface area contributed by atoms with E-state index >= 15 is 9.59 Å². The van der Waals surface area contributed by atoms with E-state index in [-0.39, 0.29) is 0 Å². The molecular formula is C51H29N7O2S. The highest BCUT2D eigenvalue weighted by Crippen LogP contribution is 2.39. The molecule has 0 N–H and O–H groups in total. The van der Waals surface area contributed by atoms with Gasteiger partial charge in [-0.05, 0) is 89.6 Å². The van der Waals surface area contributed by atoms with Crippen LogP contribution in [-0.2, 0) is 0 Å². The van der Waals surface area contributed by atoms with Crippen molar-refractivity contribution >= 4 is 75.1 Å². The Morgan fingerprint density at radius 3 is 1.66 bits per heavy atom. The third-order valence-electron chi connectivity index (χ3n) is 11.3. The topological polar surface area (TPSA) is 108 Å². The standard InChI is InChI=1S/C51H29N7O2S/c59-50-37-28-38-42(61-41-19-11-27-52-45(38)41)29-36(37)35-24-25-39-44(46-40(18-10-26-53-46)57(39)33-16-8-3-9-17-33)43(35)51(60)58(50)34-22-20-32(21-23-34)49-55-47(30-12-4-1-5-13-30)54-48(56-49)31-14-6-2-7-15-31/h1-29H. The van der Waals surface area contributed by atoms with Crippen molar-refractivity contribution in [2.45, 2.75) is 0 Å². The van der Waals surface area contributed by atoms with Gasteiger partial charge in [-0.3, -0.25) is 19.6 Å². The summed E-state index contributed by atoms with van der Waals surface area (Å²) in [6.07, 6.45) is 3.51. The predicted octanol–water partition coefficient (Wildman–Crippen LogP) is 10.9. The van der Waals surface area contributed by atoms with E-state index < -0.39 is 11.1 Å². The molecule has 0 aliphatic rings. The molecule has 0 spiro atoms. The van der Waals surface area contributed by atoms with Gasteiger partial charge in [-0.2, -0.15) is 0 Å². The van der Waals surface area contributed by atoms with E-state index in [4.69, 9.17) is 24.9 Å². The molecule has 0 atom stereocenters. The van der Waals surface area contributed by atoms with E-state index in [9.17, 15) is 0 Å². The molecule has 286 valence electrons. The van der Waals surface area contributed by atoms with Crippen LogP contribution in [0.3, 0.4) is 0 Å². The average Bonchev–Trinajstić information content (AvgIpc) is 3.84. The fourth-order valence-corrected chi connectivity index (χ4v) is 9.60. The third kappa shape index (κ3) is 5.50. The van der Waals surface area contributed by atoms with Crippen LogP contribution in [0.5, 0.6) is 0 Å². The smallest absolute Gasteiger partial charge is 0.266 e. The zero-order valence-electron chi connectivity index (χ0n) is 32.1. The van der Waals surface area contributed by atoms with Crippen LogP contribution < -0.4 is 11.1 Å². The first-order valence-electron chi connectivity index (χ1n) is 19.7. The lowest BCUT2D eigenvalue weighted by Gasteiger charge is -2.09. The molecule has 12 aromatic rings. The van der Waals surface area contributed by atoms with Crippen molar-refractivity contribution < 1.29 is 0 Å². The number of benzene rings is 6. The molecule has 9 nitrogen and oxygen atoms in total. The summed E-state index contributed by atoms with van der Waals surface area (Å²) >= 11 is 1.62. The quantitative estimate of drug-likeness (QED) is 0.170. The second-order valence-corrected chi connectivity index (χ2v) is 15.9. The van der Waals surface area contributed by atoms with Crippen molar-refractivity contribution in [1.29, 1.82) is 0 Å². The zero-order chi connectivity index (χ0) is 40.6. The molecule has 0 fully saturated rings. The number of para-hydroxylation sites is 1. The van der Waals surface area contributed by atoms with Crippen molar-refractivity contribution in [2.24, 2.45) is 0 Å². The molecule has 0 amide bonds. The Kier molecular flexibility index (Phi) is 7.81. The molecule has 6 aromatic carbocycles. The maximum Gasteiger partial charge on any atom is 0.266 e. The minimum absolute atomic E-state index is 0.406. The van der Waals surface area contributed by atoms with Crippen LogP contribution >= 0.6 is 11.3 Å². The van der Waals surface area contributed by atoms with Crippen LogP contribution in [0.1, 0.15) is 0 Å². The lowest BCUT2D eigenvalue weighted by Crippen LogP contribution is -2.28. The van der Waals surface area contributed by atoms with Crippen LogP contribution in [0.2, 0.25) is 0 Å². The van der Waals surface area contributed by atoms with Crippen LogP contribution in [0.25, 0.3) is 109 Å². The van der Waals surface area contributed by atoms with E-state index in [0.29, 0.717) is 61.2 Å². The Morgan fingerprint density at radius 2 is 0.984 bits per heavy atom. The van der Waals surface area contributed by atoms with Gasteiger partial charge in [-0.25, -0.2) is 19.5 Å². The van der Waals surface area contributed by atoms with Crippen molar-refractivity contribution in [1.82, 2.24) is 34.1 Å². The van der Waals surface area contributed by atoms with Crippen LogP contribution in [-0.4, -0.2) is 34.1 Å². The highest BCUT2D eigenvalue weighted by Gasteiger charge is 2.22. The average molecular weight is 804 g/mol. The molecule has 0 unspecified atom stereocenters. The number of fused-ring (bicyclic) bond motifs is 10. The Bertz CT molecular complexity index is 3790. The molecule has 0 saturated carbocycles. The molecule has 0 aliphatic carbocycles. The summed E-state index contributed by atoms with van der Waals surface area (Å²) in [5, 5.41) is 3.69. The summed E-state index contributed by atoms with van der Waals surface area (Å²) in [6, 6.07) is 52.7. The van der Waals surface area contributed by atoms with Crippen molar-refractivity contribution in [2.75, 3.05) is 0 Å². The predicted molar refractivity (Wildman–Crippen MR) is 246 cm³/mol. The number of pyridine rings is 2. The maximum absolute atomic E-state index is 15.5. The molecule has 0 aliphatic heterocycles. The molecule has 12 rings (SSSR count). The molecule has 61 heavy (non-hydrogen) atoms. The zero-order valence-corrected chi connectivity index (χ0v) is 32.9. The Balaban J connectivity index is 1.15. The molecule has 10 heteroatoms. The fraction of sp³-hybridized carbons (Fsp3) is 0. The van der Waals surface area contributed by atoms with Gasteiger partial charge in [0.2, 0.25) is 0 Å². The Morgan fingerprint density at radius 1 is 0.393 bits per heavy atom. The largest absolute Gasteiger partial charge is 0.308 e. The minimum Gasteiger partial charge on any atom is -0.308 e. The van der Waals surface area contributed by atoms with E-state index in [1.54, 1.807) is 35.9 Å². The molecule has 6 heterocycles. The van der Waals surface area contributed by atoms with Crippen molar-refractivity contribution in [3.63, 3.8) is 0 Å². The lowest BCUT2D eigenvalue weighted by molar-refractivity contribution is 0.976. The second-order valence-electron chi connectivity index (χ2n) is 14.8. The number of nitrogens with zero attached hydrogens (tertiary/aromatic N) is 7. The van der Waals surface area contributed by atoms with Crippen LogP contribution in [0, 0.1) is 0 Å². The van der Waals surface area contributed by atoms with Gasteiger partial charge in [-0.1, -0.05) is 84.9 Å². The monoisotopic (exact) mass is 803 g/mol. The summed E-state index contributed by atoms with van der Waals surface area (Å²) < 4.78 is 5.42. The van der Waals surface area contributed by atoms with Gasteiger partial charge in [0, 0.05) is 55.6 Å². The highest BCUT2D eigenvalue weighted by molar-refractivity contribution is 7.25. The molecule has 0 radical (unpaired) electrons. The molecule has 0 saturated heterocycles. The SMILES string of the molecule is O=c1c2cc3c(cc2c2ccc4c(c5ncccc5n4-c4ccccc4)c2c(=O)n1-c1ccc(-c2nc(-c4ccccc4)nc(-c4ccccc4)n2)cc1)sc1cccnc13. The maximum atomic E-state index is 15.5. The van der Waals surface area contributed by atoms with Gasteiger partial charge < -0.3 is 4.57 Å². The van der Waals surface area contributed by atoms with E-state index in [2.05, 4.69) is 4.57 Å². The van der Waals surface area contributed by atoms with Crippen molar-refractivity contribution in [3.05, 3.63) is 197 Å². The molecule has 0 bridgehead atoms. The van der Waals surface area contributed by atoms with Gasteiger partial charge in [0.15, 0.2) is 17.5 Å². The first kappa shape index (κ1) is 34.8. The third-order valence-corrected chi connectivity index (χ3v) is 12.4. The summed E-state index contributed by atoms with van der Waals surface area (Å²) in [5.41, 5.74) is 6.02. The molecule has 6 aromatic heterocycles. The highest BCUT2D eigenvalue weighted by atomic mass is 32.1. The van der Waals surface area contributed by atoms with E-state index in [0.717, 1.165) is 48.2 Å². The second kappa shape index (κ2) is 13.7. The van der Waals surface area contributed by atoms with Crippen LogP contribution in [0.4, 0.5) is 0 Å². The summed E-state index contributed by atoms with van der Waals surface area (Å²) in [6.45, 7) is 0. The van der Waals surface area contributed by atoms with Gasteiger partial charge in [-0.15, -0.1) is 11.3 Å². The fourth-order valence-electron chi connectivity index (χ4n) is 8.52. The van der Waals surface area contributed by atoms with Gasteiger partial charge in [0.05, 0.1) is 37.8 Å². The number of thiophene rings is 1. The van der Waals surface area contributed by atoms with Gasteiger partial charge >= 0.3 is 0 Å². The summed E-state index contributed by atoms with van der Waals surface area (Å²) in [5.74, 6) is 1.53. The Labute approximate surface area is 350 Å². The molecular weight excluding hydrogens is 775 g/mol. The first-order valence-corrected chi connectivity index (χ1v) is 20.6. The summed E-state index contributed by atoms with van der Waals surface area (Å²) in [4.78, 5) is 55.0. The van der Waals surface area contributed by atoms with E-state index in [1.165, 1.54) is 4.57 Å². The number of rotatable bonds is 5.